The van der Waals surface area contributed by atoms with Crippen LogP contribution in [0, 0.1) is 17.8 Å². The molecule has 3 atom stereocenters. The molecule has 4 heteroatoms. The van der Waals surface area contributed by atoms with Crippen molar-refractivity contribution in [1.29, 1.82) is 0 Å². The first-order valence-corrected chi connectivity index (χ1v) is 8.08. The summed E-state index contributed by atoms with van der Waals surface area (Å²) in [5, 5.41) is 1.24. The van der Waals surface area contributed by atoms with Crippen molar-refractivity contribution in [3.05, 3.63) is 27.7 Å². The molecule has 0 N–H and O–H groups in total. The molecule has 2 fully saturated rings. The molecule has 1 aromatic rings. The fourth-order valence-corrected chi connectivity index (χ4v) is 4.65. The van der Waals surface area contributed by atoms with E-state index in [1.807, 2.05) is 13.0 Å². The van der Waals surface area contributed by atoms with Gasteiger partial charge in [-0.3, -0.25) is 0 Å². The van der Waals surface area contributed by atoms with Crippen molar-refractivity contribution >= 4 is 34.8 Å². The van der Waals surface area contributed by atoms with E-state index in [1.165, 1.54) is 19.3 Å². The predicted molar refractivity (Wildman–Crippen MR) is 80.5 cm³/mol. The van der Waals surface area contributed by atoms with E-state index in [0.29, 0.717) is 28.3 Å². The molecule has 0 spiro atoms. The first-order chi connectivity index (χ1) is 9.13. The molecule has 2 saturated carbocycles. The summed E-state index contributed by atoms with van der Waals surface area (Å²) < 4.78 is 5.44. The average Bonchev–Trinajstić information content (AvgIpc) is 2.86. The standard InChI is InChI=1S/C15H17Cl3O/c1-2-19-13-7-11(16)10(6-12(13)17)15(18)14-8-4-3-5-9(8)14/h6-9,14-15H,2-5H2,1H3. The molecule has 0 heterocycles. The number of hydrogen-bond acceptors (Lipinski definition) is 1. The van der Waals surface area contributed by atoms with E-state index < -0.39 is 0 Å². The van der Waals surface area contributed by atoms with Gasteiger partial charge in [0.25, 0.3) is 0 Å². The van der Waals surface area contributed by atoms with Gasteiger partial charge >= 0.3 is 0 Å². The minimum Gasteiger partial charge on any atom is -0.492 e. The summed E-state index contributed by atoms with van der Waals surface area (Å²) in [4.78, 5) is 0. The van der Waals surface area contributed by atoms with Crippen LogP contribution in [0.4, 0.5) is 0 Å². The van der Waals surface area contributed by atoms with Crippen molar-refractivity contribution in [2.24, 2.45) is 17.8 Å². The van der Waals surface area contributed by atoms with E-state index in [1.54, 1.807) is 6.07 Å². The molecule has 1 aromatic carbocycles. The number of hydrogen-bond donors (Lipinski definition) is 0. The number of ether oxygens (including phenoxy) is 1. The first-order valence-electron chi connectivity index (χ1n) is 6.89. The third-order valence-corrected chi connectivity index (χ3v) is 5.61. The third kappa shape index (κ3) is 2.46. The maximum atomic E-state index is 6.63. The molecular formula is C15H17Cl3O. The van der Waals surface area contributed by atoms with Crippen molar-refractivity contribution < 1.29 is 4.74 Å². The van der Waals surface area contributed by atoms with Crippen LogP contribution in [-0.4, -0.2) is 6.61 Å². The zero-order valence-corrected chi connectivity index (χ0v) is 13.1. The van der Waals surface area contributed by atoms with Gasteiger partial charge in [0.05, 0.1) is 17.0 Å². The zero-order chi connectivity index (χ0) is 13.6. The van der Waals surface area contributed by atoms with Crippen LogP contribution in [0.5, 0.6) is 5.75 Å². The van der Waals surface area contributed by atoms with Crippen LogP contribution in [0.15, 0.2) is 12.1 Å². The van der Waals surface area contributed by atoms with Crippen molar-refractivity contribution in [1.82, 2.24) is 0 Å². The largest absolute Gasteiger partial charge is 0.492 e. The number of rotatable bonds is 4. The lowest BCUT2D eigenvalue weighted by Gasteiger charge is -2.16. The summed E-state index contributed by atoms with van der Waals surface area (Å²) in [6, 6.07) is 3.66. The number of fused-ring (bicyclic) bond motifs is 1. The molecule has 3 unspecified atom stereocenters. The van der Waals surface area contributed by atoms with Crippen LogP contribution < -0.4 is 4.74 Å². The Labute approximate surface area is 129 Å². The normalized spacial score (nSPS) is 30.0. The van der Waals surface area contributed by atoms with Crippen molar-refractivity contribution in [3.8, 4) is 5.75 Å². The van der Waals surface area contributed by atoms with Crippen LogP contribution >= 0.6 is 34.8 Å². The van der Waals surface area contributed by atoms with Gasteiger partial charge in [-0.05, 0) is 49.1 Å². The minimum absolute atomic E-state index is 0.0176. The molecule has 0 aliphatic heterocycles. The van der Waals surface area contributed by atoms with Crippen molar-refractivity contribution in [2.75, 3.05) is 6.61 Å². The third-order valence-electron chi connectivity index (χ3n) is 4.46. The Morgan fingerprint density at radius 1 is 1.21 bits per heavy atom. The number of benzene rings is 1. The molecule has 104 valence electrons. The highest BCUT2D eigenvalue weighted by atomic mass is 35.5. The Morgan fingerprint density at radius 3 is 2.53 bits per heavy atom. The van der Waals surface area contributed by atoms with E-state index in [4.69, 9.17) is 39.5 Å². The maximum absolute atomic E-state index is 6.63. The minimum atomic E-state index is -0.0176. The first kappa shape index (κ1) is 13.9. The van der Waals surface area contributed by atoms with Crippen LogP contribution in [0.2, 0.25) is 10.0 Å². The smallest absolute Gasteiger partial charge is 0.139 e. The highest BCUT2D eigenvalue weighted by Gasteiger charge is 2.56. The molecular weight excluding hydrogens is 303 g/mol. The van der Waals surface area contributed by atoms with Gasteiger partial charge in [-0.25, -0.2) is 0 Å². The molecule has 0 saturated heterocycles. The Morgan fingerprint density at radius 2 is 1.89 bits per heavy atom. The summed E-state index contributed by atoms with van der Waals surface area (Å²) in [7, 11) is 0. The molecule has 0 amide bonds. The summed E-state index contributed by atoms with van der Waals surface area (Å²) in [5.41, 5.74) is 0.955. The highest BCUT2D eigenvalue weighted by molar-refractivity contribution is 6.35. The lowest BCUT2D eigenvalue weighted by Crippen LogP contribution is -2.01. The quantitative estimate of drug-likeness (QED) is 0.645. The second-order valence-corrected chi connectivity index (χ2v) is 6.76. The van der Waals surface area contributed by atoms with Gasteiger partial charge in [-0.15, -0.1) is 11.6 Å². The van der Waals surface area contributed by atoms with Crippen LogP contribution in [0.1, 0.15) is 37.1 Å². The fourth-order valence-electron chi connectivity index (χ4n) is 3.54. The molecule has 0 bridgehead atoms. The second-order valence-electron chi connectivity index (χ2n) is 5.47. The number of halogens is 3. The molecule has 2 aliphatic carbocycles. The number of alkyl halides is 1. The van der Waals surface area contributed by atoms with Crippen molar-refractivity contribution in [2.45, 2.75) is 31.6 Å². The molecule has 2 aliphatic rings. The molecule has 0 radical (unpaired) electrons. The van der Waals surface area contributed by atoms with Crippen LogP contribution in [-0.2, 0) is 0 Å². The van der Waals surface area contributed by atoms with Gasteiger partial charge in [-0.2, -0.15) is 0 Å². The molecule has 1 nitrogen and oxygen atoms in total. The summed E-state index contributed by atoms with van der Waals surface area (Å²) in [6.07, 6.45) is 4.00. The average molecular weight is 320 g/mol. The highest BCUT2D eigenvalue weighted by Crippen LogP contribution is 2.64. The van der Waals surface area contributed by atoms with E-state index in [9.17, 15) is 0 Å². The maximum Gasteiger partial charge on any atom is 0.139 e. The van der Waals surface area contributed by atoms with Gasteiger partial charge in [0.15, 0.2) is 0 Å². The Balaban J connectivity index is 1.82. The van der Waals surface area contributed by atoms with Crippen LogP contribution in [0.3, 0.4) is 0 Å². The van der Waals surface area contributed by atoms with Gasteiger partial charge in [-0.1, -0.05) is 29.6 Å². The van der Waals surface area contributed by atoms with Gasteiger partial charge in [0, 0.05) is 11.1 Å². The summed E-state index contributed by atoms with van der Waals surface area (Å²) in [5.74, 6) is 2.84. The Kier molecular flexibility index (Phi) is 3.90. The van der Waals surface area contributed by atoms with Gasteiger partial charge in [0.1, 0.15) is 5.75 Å². The summed E-state index contributed by atoms with van der Waals surface area (Å²) >= 11 is 19.2. The Bertz CT molecular complexity index is 479. The predicted octanol–water partition coefficient (Wildman–Crippen LogP) is 5.72. The lowest BCUT2D eigenvalue weighted by atomic mass is 10.0. The monoisotopic (exact) mass is 318 g/mol. The summed E-state index contributed by atoms with van der Waals surface area (Å²) in [6.45, 7) is 2.50. The Hall–Kier alpha value is -0.110. The van der Waals surface area contributed by atoms with Crippen molar-refractivity contribution in [3.63, 3.8) is 0 Å². The topological polar surface area (TPSA) is 9.23 Å². The van der Waals surface area contributed by atoms with Gasteiger partial charge < -0.3 is 4.74 Å². The van der Waals surface area contributed by atoms with E-state index in [-0.39, 0.29) is 5.38 Å². The van der Waals surface area contributed by atoms with Crippen LogP contribution in [0.25, 0.3) is 0 Å². The lowest BCUT2D eigenvalue weighted by molar-refractivity contribution is 0.340. The fraction of sp³-hybridized carbons (Fsp3) is 0.600. The van der Waals surface area contributed by atoms with E-state index in [2.05, 4.69) is 0 Å². The second kappa shape index (κ2) is 5.35. The zero-order valence-electron chi connectivity index (χ0n) is 10.8. The van der Waals surface area contributed by atoms with E-state index in [0.717, 1.165) is 17.4 Å². The molecule has 0 aromatic heterocycles. The van der Waals surface area contributed by atoms with E-state index >= 15 is 0 Å². The molecule has 19 heavy (non-hydrogen) atoms. The molecule has 3 rings (SSSR count). The SMILES string of the molecule is CCOc1cc(Cl)c(C(Cl)C2C3CCCC32)cc1Cl. The van der Waals surface area contributed by atoms with Gasteiger partial charge in [0.2, 0.25) is 0 Å².